The van der Waals surface area contributed by atoms with Gasteiger partial charge in [-0.25, -0.2) is 0 Å². The van der Waals surface area contributed by atoms with Crippen LogP contribution in [0.2, 0.25) is 0 Å². The molecule has 0 aliphatic heterocycles. The number of aromatic nitrogens is 1. The Hall–Kier alpha value is -4.88. The van der Waals surface area contributed by atoms with Gasteiger partial charge in [-0.15, -0.1) is 0 Å². The van der Waals surface area contributed by atoms with Crippen molar-refractivity contribution in [1.82, 2.24) is 15.2 Å². The predicted octanol–water partition coefficient (Wildman–Crippen LogP) is 2.90. The van der Waals surface area contributed by atoms with Crippen molar-refractivity contribution in [3.63, 3.8) is 0 Å². The number of aryl methyl sites for hydroxylation is 1. The van der Waals surface area contributed by atoms with Gasteiger partial charge in [0.1, 0.15) is 28.6 Å². The summed E-state index contributed by atoms with van der Waals surface area (Å²) in [7, 11) is 4.81. The van der Waals surface area contributed by atoms with Gasteiger partial charge in [-0.05, 0) is 72.4 Å². The summed E-state index contributed by atoms with van der Waals surface area (Å²) in [6, 6.07) is 22.1. The molecule has 49 heavy (non-hydrogen) atoms. The average molecular weight is 672 g/mol. The number of benzene rings is 3. The molecule has 2 atom stereocenters. The molecule has 0 saturated heterocycles. The van der Waals surface area contributed by atoms with E-state index in [1.54, 1.807) is 21.3 Å². The largest absolute Gasteiger partial charge is 0.497 e. The molecule has 2 amide bonds. The van der Waals surface area contributed by atoms with Gasteiger partial charge in [-0.1, -0.05) is 36.4 Å². The van der Waals surface area contributed by atoms with Crippen LogP contribution < -0.4 is 47.8 Å². The fourth-order valence-electron chi connectivity index (χ4n) is 5.57. The van der Waals surface area contributed by atoms with Crippen LogP contribution in [0.5, 0.6) is 17.2 Å². The van der Waals surface area contributed by atoms with Crippen molar-refractivity contribution in [2.75, 3.05) is 47.5 Å². The summed E-state index contributed by atoms with van der Waals surface area (Å²) >= 11 is 0. The van der Waals surface area contributed by atoms with Gasteiger partial charge in [0.15, 0.2) is 0 Å². The van der Waals surface area contributed by atoms with Crippen LogP contribution in [0.15, 0.2) is 72.8 Å². The number of ether oxygens (including phenoxy) is 3. The maximum absolute atomic E-state index is 14.4. The molecule has 10 N–H and O–H groups in total. The van der Waals surface area contributed by atoms with Gasteiger partial charge >= 0.3 is 0 Å². The first-order chi connectivity index (χ1) is 23.7. The Kier molecular flexibility index (Phi) is 13.6. The van der Waals surface area contributed by atoms with Crippen LogP contribution in [-0.2, 0) is 13.0 Å². The molecule has 2 unspecified atom stereocenters. The average Bonchev–Trinajstić information content (AvgIpc) is 3.49. The molecule has 1 heterocycles. The second-order valence-corrected chi connectivity index (χ2v) is 11.7. The standard InChI is InChI=1S/C37H49N7O5/c1-47-29-10-4-24(5-11-29)18-21-44-34(36(45)42-19-16-27(40)22-38)32(25-6-12-30(48-2)13-7-25)33(26-8-14-31(49-3)15-9-26)35(44)37(46)43-20-17-28(41)23-39/h4-15,27-28H,16-23,38-41H2,1-3H3,(H,42,45)(H,43,46). The molecule has 3 aromatic carbocycles. The summed E-state index contributed by atoms with van der Waals surface area (Å²) < 4.78 is 18.0. The molecule has 1 aromatic heterocycles. The number of rotatable bonds is 18. The van der Waals surface area contributed by atoms with Crippen LogP contribution in [0.1, 0.15) is 39.4 Å². The van der Waals surface area contributed by atoms with Crippen LogP contribution in [0, 0.1) is 0 Å². The Bertz CT molecular complexity index is 1560. The molecule has 4 rings (SSSR count). The first kappa shape index (κ1) is 36.9. The lowest BCUT2D eigenvalue weighted by Gasteiger charge is -2.16. The molecule has 0 aliphatic carbocycles. The smallest absolute Gasteiger partial charge is 0.268 e. The predicted molar refractivity (Wildman–Crippen MR) is 193 cm³/mol. The minimum Gasteiger partial charge on any atom is -0.497 e. The van der Waals surface area contributed by atoms with Gasteiger partial charge in [0.2, 0.25) is 0 Å². The maximum atomic E-state index is 14.4. The minimum absolute atomic E-state index is 0.265. The first-order valence-electron chi connectivity index (χ1n) is 16.4. The number of nitrogens with zero attached hydrogens (tertiary/aromatic N) is 1. The van der Waals surface area contributed by atoms with E-state index < -0.39 is 0 Å². The SMILES string of the molecule is COc1ccc(CCn2c(C(=O)NCCC(N)CN)c(-c3ccc(OC)cc3)c(-c3ccc(OC)cc3)c2C(=O)NCCC(N)CN)cc1. The summed E-state index contributed by atoms with van der Waals surface area (Å²) in [5, 5.41) is 6.09. The molecule has 12 nitrogen and oxygen atoms in total. The van der Waals surface area contributed by atoms with Gasteiger partial charge in [-0.3, -0.25) is 9.59 Å². The van der Waals surface area contributed by atoms with E-state index in [0.717, 1.165) is 22.4 Å². The van der Waals surface area contributed by atoms with Crippen molar-refractivity contribution >= 4 is 11.8 Å². The number of hydrogen-bond acceptors (Lipinski definition) is 9. The van der Waals surface area contributed by atoms with E-state index in [2.05, 4.69) is 10.6 Å². The highest BCUT2D eigenvalue weighted by molar-refractivity contribution is 6.11. The van der Waals surface area contributed by atoms with E-state index in [9.17, 15) is 9.59 Å². The second-order valence-electron chi connectivity index (χ2n) is 11.7. The number of hydrogen-bond donors (Lipinski definition) is 6. The Labute approximate surface area is 288 Å². The number of methoxy groups -OCH3 is 3. The van der Waals surface area contributed by atoms with Gasteiger partial charge in [-0.2, -0.15) is 0 Å². The zero-order valence-corrected chi connectivity index (χ0v) is 28.5. The Morgan fingerprint density at radius 2 is 1.00 bits per heavy atom. The first-order valence-corrected chi connectivity index (χ1v) is 16.4. The summed E-state index contributed by atoms with van der Waals surface area (Å²) in [6.07, 6.45) is 1.51. The number of nitrogens with two attached hydrogens (primary N) is 4. The third kappa shape index (κ3) is 9.39. The molecule has 12 heteroatoms. The van der Waals surface area contributed by atoms with Crippen LogP contribution in [-0.4, -0.2) is 76.0 Å². The Balaban J connectivity index is 1.97. The molecule has 0 saturated carbocycles. The van der Waals surface area contributed by atoms with E-state index in [0.29, 0.717) is 86.0 Å². The van der Waals surface area contributed by atoms with E-state index in [1.807, 2.05) is 77.4 Å². The van der Waals surface area contributed by atoms with E-state index in [-0.39, 0.29) is 23.9 Å². The third-order valence-corrected chi connectivity index (χ3v) is 8.44. The fraction of sp³-hybridized carbons (Fsp3) is 0.351. The van der Waals surface area contributed by atoms with Crippen LogP contribution >= 0.6 is 0 Å². The molecule has 0 aliphatic rings. The van der Waals surface area contributed by atoms with Crippen molar-refractivity contribution in [2.45, 2.75) is 37.9 Å². The van der Waals surface area contributed by atoms with Crippen LogP contribution in [0.4, 0.5) is 0 Å². The number of amides is 2. The Morgan fingerprint density at radius 3 is 1.35 bits per heavy atom. The lowest BCUT2D eigenvalue weighted by atomic mass is 9.94. The topological polar surface area (TPSA) is 195 Å². The van der Waals surface area contributed by atoms with Crippen LogP contribution in [0.25, 0.3) is 22.3 Å². The van der Waals surface area contributed by atoms with Gasteiger partial charge in [0.05, 0.1) is 21.3 Å². The molecular weight excluding hydrogens is 622 g/mol. The number of carbonyl (C=O) groups is 2. The normalized spacial score (nSPS) is 12.2. The monoisotopic (exact) mass is 671 g/mol. The van der Waals surface area contributed by atoms with Crippen LogP contribution in [0.3, 0.4) is 0 Å². The maximum Gasteiger partial charge on any atom is 0.268 e. The van der Waals surface area contributed by atoms with Crippen molar-refractivity contribution in [3.05, 3.63) is 89.7 Å². The molecular formula is C37H49N7O5. The third-order valence-electron chi connectivity index (χ3n) is 8.44. The molecule has 262 valence electrons. The number of nitrogens with one attached hydrogen (secondary N) is 2. The van der Waals surface area contributed by atoms with Crippen molar-refractivity contribution in [3.8, 4) is 39.5 Å². The van der Waals surface area contributed by atoms with Crippen molar-refractivity contribution in [2.24, 2.45) is 22.9 Å². The van der Waals surface area contributed by atoms with Crippen molar-refractivity contribution < 1.29 is 23.8 Å². The molecule has 0 fully saturated rings. The quantitative estimate of drug-likeness (QED) is 0.0922. The summed E-state index contributed by atoms with van der Waals surface area (Å²) in [5.74, 6) is 1.36. The molecule has 0 radical (unpaired) electrons. The lowest BCUT2D eigenvalue weighted by Crippen LogP contribution is -2.36. The zero-order chi connectivity index (χ0) is 35.3. The van der Waals surface area contributed by atoms with Gasteiger partial charge in [0.25, 0.3) is 11.8 Å². The highest BCUT2D eigenvalue weighted by atomic mass is 16.5. The summed E-state index contributed by atoms with van der Waals surface area (Å²) in [6.45, 7) is 1.52. The van der Waals surface area contributed by atoms with Gasteiger partial charge in [0, 0.05) is 55.9 Å². The molecule has 4 aromatic rings. The van der Waals surface area contributed by atoms with E-state index >= 15 is 0 Å². The molecule has 0 bridgehead atoms. The summed E-state index contributed by atoms with van der Waals surface area (Å²) in [5.41, 5.74) is 28.0. The van der Waals surface area contributed by atoms with E-state index in [1.165, 1.54) is 0 Å². The zero-order valence-electron chi connectivity index (χ0n) is 28.5. The van der Waals surface area contributed by atoms with E-state index in [4.69, 9.17) is 37.1 Å². The molecule has 0 spiro atoms. The summed E-state index contributed by atoms with van der Waals surface area (Å²) in [4.78, 5) is 28.8. The van der Waals surface area contributed by atoms with Gasteiger partial charge < -0.3 is 52.3 Å². The van der Waals surface area contributed by atoms with Crippen molar-refractivity contribution in [1.29, 1.82) is 0 Å². The fourth-order valence-corrected chi connectivity index (χ4v) is 5.57. The highest BCUT2D eigenvalue weighted by Crippen LogP contribution is 2.41. The lowest BCUT2D eigenvalue weighted by molar-refractivity contribution is 0.0937. The number of carbonyl (C=O) groups excluding carboxylic acids is 2. The Morgan fingerprint density at radius 1 is 0.633 bits per heavy atom. The second kappa shape index (κ2) is 18.0. The minimum atomic E-state index is -0.344. The highest BCUT2D eigenvalue weighted by Gasteiger charge is 2.32.